The number of benzene rings is 5. The first-order valence-electron chi connectivity index (χ1n) is 13.1. The number of para-hydroxylation sites is 2. The van der Waals surface area contributed by atoms with Gasteiger partial charge in [0.15, 0.2) is 0 Å². The second kappa shape index (κ2) is 8.40. The Bertz CT molecular complexity index is 2180. The van der Waals surface area contributed by atoms with E-state index in [1.165, 1.54) is 0 Å². The van der Waals surface area contributed by atoms with Gasteiger partial charge < -0.3 is 8.98 Å². The minimum Gasteiger partial charge on any atom is -0.456 e. The molecule has 4 heteroatoms. The molecule has 0 amide bonds. The Morgan fingerprint density at radius 2 is 1.36 bits per heavy atom. The zero-order chi connectivity index (χ0) is 25.9. The number of nitrogens with zero attached hydrogens (tertiary/aromatic N) is 3. The smallest absolute Gasteiger partial charge is 0.140 e. The third-order valence-corrected chi connectivity index (χ3v) is 7.69. The van der Waals surface area contributed by atoms with E-state index in [-0.39, 0.29) is 0 Å². The van der Waals surface area contributed by atoms with Crippen LogP contribution >= 0.6 is 0 Å². The molecule has 0 radical (unpaired) electrons. The molecule has 0 atom stereocenters. The van der Waals surface area contributed by atoms with E-state index in [0.717, 1.165) is 77.5 Å². The average molecular weight is 502 g/mol. The van der Waals surface area contributed by atoms with E-state index < -0.39 is 0 Å². The minimum atomic E-state index is 0.885. The average Bonchev–Trinajstić information content (AvgIpc) is 3.54. The lowest BCUT2D eigenvalue weighted by atomic mass is 9.95. The summed E-state index contributed by atoms with van der Waals surface area (Å²) in [5, 5.41) is 3.37. The van der Waals surface area contributed by atoms with Crippen molar-refractivity contribution in [2.24, 2.45) is 7.05 Å². The molecule has 0 aliphatic rings. The second-order valence-corrected chi connectivity index (χ2v) is 9.93. The number of hydrogen-bond donors (Lipinski definition) is 0. The van der Waals surface area contributed by atoms with Gasteiger partial charge in [0.25, 0.3) is 0 Å². The molecule has 0 N–H and O–H groups in total. The van der Waals surface area contributed by atoms with Crippen molar-refractivity contribution in [2.45, 2.75) is 0 Å². The Balaban J connectivity index is 1.26. The summed E-state index contributed by atoms with van der Waals surface area (Å²) in [5.41, 5.74) is 10.6. The highest BCUT2D eigenvalue weighted by atomic mass is 16.3. The largest absolute Gasteiger partial charge is 0.456 e. The summed E-state index contributed by atoms with van der Waals surface area (Å²) < 4.78 is 8.46. The van der Waals surface area contributed by atoms with Gasteiger partial charge in [-0.25, -0.2) is 4.98 Å². The summed E-state index contributed by atoms with van der Waals surface area (Å²) >= 11 is 0. The number of pyridine rings is 1. The van der Waals surface area contributed by atoms with Crippen molar-refractivity contribution >= 4 is 43.9 Å². The van der Waals surface area contributed by atoms with Gasteiger partial charge in [-0.3, -0.25) is 4.98 Å². The van der Waals surface area contributed by atoms with Crippen molar-refractivity contribution in [1.82, 2.24) is 14.5 Å². The lowest BCUT2D eigenvalue weighted by Gasteiger charge is -2.08. The molecule has 0 saturated carbocycles. The maximum Gasteiger partial charge on any atom is 0.140 e. The van der Waals surface area contributed by atoms with E-state index >= 15 is 0 Å². The summed E-state index contributed by atoms with van der Waals surface area (Å²) in [6.45, 7) is 0. The predicted molar refractivity (Wildman–Crippen MR) is 160 cm³/mol. The highest BCUT2D eigenvalue weighted by Crippen LogP contribution is 2.40. The molecular weight excluding hydrogens is 478 g/mol. The Kier molecular flexibility index (Phi) is 4.70. The van der Waals surface area contributed by atoms with Crippen LogP contribution in [0.2, 0.25) is 0 Å². The van der Waals surface area contributed by atoms with Crippen molar-refractivity contribution in [3.63, 3.8) is 0 Å². The van der Waals surface area contributed by atoms with Gasteiger partial charge in [-0.15, -0.1) is 0 Å². The van der Waals surface area contributed by atoms with E-state index in [9.17, 15) is 0 Å². The molecular formula is C35H23N3O. The van der Waals surface area contributed by atoms with Crippen molar-refractivity contribution in [3.8, 4) is 33.6 Å². The number of furan rings is 1. The fourth-order valence-electron chi connectivity index (χ4n) is 5.78. The van der Waals surface area contributed by atoms with Crippen LogP contribution in [0.1, 0.15) is 0 Å². The number of imidazole rings is 1. The fraction of sp³-hybridized carbons (Fsp3) is 0.0286. The zero-order valence-corrected chi connectivity index (χ0v) is 21.3. The molecule has 5 aromatic carbocycles. The Morgan fingerprint density at radius 3 is 2.26 bits per heavy atom. The maximum absolute atomic E-state index is 6.31. The molecule has 0 spiro atoms. The maximum atomic E-state index is 6.31. The first-order chi connectivity index (χ1) is 19.2. The van der Waals surface area contributed by atoms with Gasteiger partial charge in [-0.05, 0) is 64.7 Å². The van der Waals surface area contributed by atoms with Crippen LogP contribution in [0.4, 0.5) is 0 Å². The topological polar surface area (TPSA) is 43.9 Å². The molecule has 3 aromatic heterocycles. The zero-order valence-electron chi connectivity index (χ0n) is 21.3. The van der Waals surface area contributed by atoms with Crippen molar-refractivity contribution in [2.75, 3.05) is 0 Å². The third kappa shape index (κ3) is 3.39. The lowest BCUT2D eigenvalue weighted by Crippen LogP contribution is -1.92. The predicted octanol–water partition coefficient (Wildman–Crippen LogP) is 9.02. The second-order valence-electron chi connectivity index (χ2n) is 9.93. The standard InChI is InChI=1S/C35H23N3O/c1-38-31-12-3-2-10-30(31)37-35(38)23-16-14-22(15-17-23)24-18-19-32-28(21-24)34-27(8-5-13-33(34)39-32)25-7-4-11-29-26(25)9-6-20-36-29/h2-21H,1H3. The molecule has 0 saturated heterocycles. The van der Waals surface area contributed by atoms with Crippen molar-refractivity contribution < 1.29 is 4.42 Å². The van der Waals surface area contributed by atoms with Gasteiger partial charge in [0, 0.05) is 35.0 Å². The van der Waals surface area contributed by atoms with E-state index in [4.69, 9.17) is 9.40 Å². The van der Waals surface area contributed by atoms with Gasteiger partial charge in [-0.1, -0.05) is 72.8 Å². The van der Waals surface area contributed by atoms with Gasteiger partial charge in [0.05, 0.1) is 16.6 Å². The molecule has 0 bridgehead atoms. The first kappa shape index (κ1) is 21.8. The van der Waals surface area contributed by atoms with Crippen LogP contribution in [0, 0.1) is 0 Å². The molecule has 0 fully saturated rings. The monoisotopic (exact) mass is 501 g/mol. The third-order valence-electron chi connectivity index (χ3n) is 7.69. The summed E-state index contributed by atoms with van der Waals surface area (Å²) in [7, 11) is 2.07. The highest BCUT2D eigenvalue weighted by Gasteiger charge is 2.16. The summed E-state index contributed by atoms with van der Waals surface area (Å²) in [4.78, 5) is 9.43. The van der Waals surface area contributed by atoms with Crippen LogP contribution in [0.5, 0.6) is 0 Å². The molecule has 8 rings (SSSR count). The molecule has 8 aromatic rings. The van der Waals surface area contributed by atoms with Crippen LogP contribution < -0.4 is 0 Å². The van der Waals surface area contributed by atoms with Gasteiger partial charge >= 0.3 is 0 Å². The number of hydrogen-bond acceptors (Lipinski definition) is 3. The molecule has 0 unspecified atom stereocenters. The van der Waals surface area contributed by atoms with Crippen LogP contribution in [0.3, 0.4) is 0 Å². The van der Waals surface area contributed by atoms with E-state index in [0.29, 0.717) is 0 Å². The summed E-state index contributed by atoms with van der Waals surface area (Å²) in [6.07, 6.45) is 1.84. The normalized spacial score (nSPS) is 11.7. The lowest BCUT2D eigenvalue weighted by molar-refractivity contribution is 0.669. The molecule has 39 heavy (non-hydrogen) atoms. The number of aryl methyl sites for hydroxylation is 1. The highest BCUT2D eigenvalue weighted by molar-refractivity contribution is 6.15. The van der Waals surface area contributed by atoms with E-state index in [1.54, 1.807) is 0 Å². The number of fused-ring (bicyclic) bond motifs is 5. The Labute approximate surface area is 224 Å². The van der Waals surface area contributed by atoms with Gasteiger partial charge in [-0.2, -0.15) is 0 Å². The van der Waals surface area contributed by atoms with Crippen LogP contribution in [0.15, 0.2) is 126 Å². The van der Waals surface area contributed by atoms with Crippen LogP contribution in [-0.4, -0.2) is 14.5 Å². The minimum absolute atomic E-state index is 0.885. The number of rotatable bonds is 3. The quantitative estimate of drug-likeness (QED) is 0.243. The van der Waals surface area contributed by atoms with Gasteiger partial charge in [0.1, 0.15) is 17.0 Å². The number of aromatic nitrogens is 3. The molecule has 0 aliphatic heterocycles. The molecule has 184 valence electrons. The van der Waals surface area contributed by atoms with Crippen molar-refractivity contribution in [1.29, 1.82) is 0 Å². The first-order valence-corrected chi connectivity index (χ1v) is 13.1. The Hall–Kier alpha value is -5.22. The summed E-state index contributed by atoms with van der Waals surface area (Å²) in [5.74, 6) is 0.966. The molecule has 4 nitrogen and oxygen atoms in total. The fourth-order valence-corrected chi connectivity index (χ4v) is 5.78. The van der Waals surface area contributed by atoms with E-state index in [2.05, 4.69) is 114 Å². The van der Waals surface area contributed by atoms with Crippen LogP contribution in [-0.2, 0) is 7.05 Å². The van der Waals surface area contributed by atoms with Gasteiger partial charge in [0.2, 0.25) is 0 Å². The van der Waals surface area contributed by atoms with E-state index in [1.807, 2.05) is 24.4 Å². The Morgan fingerprint density at radius 1 is 0.590 bits per heavy atom. The van der Waals surface area contributed by atoms with Crippen LogP contribution in [0.25, 0.3) is 77.5 Å². The molecule has 3 heterocycles. The molecule has 0 aliphatic carbocycles. The SMILES string of the molecule is Cn1c(-c2ccc(-c3ccc4oc5cccc(-c6cccc7ncccc67)c5c4c3)cc2)nc2ccccc21. The summed E-state index contributed by atoms with van der Waals surface area (Å²) in [6, 6.07) is 40.1. The van der Waals surface area contributed by atoms with Crippen molar-refractivity contribution in [3.05, 3.63) is 121 Å².